The van der Waals surface area contributed by atoms with Crippen LogP contribution in [-0.4, -0.2) is 6.54 Å². The van der Waals surface area contributed by atoms with E-state index >= 15 is 0 Å². The fourth-order valence-corrected chi connectivity index (χ4v) is 3.18. The number of benzene rings is 2. The molecular formula is C16H15Br2ClFN. The smallest absolute Gasteiger partial charge is 0.137 e. The summed E-state index contributed by atoms with van der Waals surface area (Å²) >= 11 is 12.9. The van der Waals surface area contributed by atoms with Gasteiger partial charge in [0.25, 0.3) is 0 Å². The van der Waals surface area contributed by atoms with Crippen LogP contribution in [0.2, 0.25) is 5.02 Å². The minimum atomic E-state index is -0.266. The third-order valence-corrected chi connectivity index (χ3v) is 4.71. The maximum absolute atomic E-state index is 13.5. The third-order valence-electron chi connectivity index (χ3n) is 3.14. The van der Waals surface area contributed by atoms with E-state index in [9.17, 15) is 4.39 Å². The summed E-state index contributed by atoms with van der Waals surface area (Å²) in [5.41, 5.74) is 2.02. The van der Waals surface area contributed by atoms with Gasteiger partial charge in [-0.1, -0.05) is 40.5 Å². The Balaban J connectivity index is 2.46. The molecule has 0 aliphatic carbocycles. The molecule has 0 spiro atoms. The summed E-state index contributed by atoms with van der Waals surface area (Å²) in [6.45, 7) is 2.97. The van der Waals surface area contributed by atoms with Crippen LogP contribution in [0.5, 0.6) is 0 Å². The Labute approximate surface area is 146 Å². The number of rotatable bonds is 5. The van der Waals surface area contributed by atoms with E-state index < -0.39 is 0 Å². The number of halogens is 4. The van der Waals surface area contributed by atoms with Gasteiger partial charge in [0.15, 0.2) is 0 Å². The van der Waals surface area contributed by atoms with Crippen LogP contribution in [0, 0.1) is 5.82 Å². The molecule has 1 unspecified atom stereocenters. The Morgan fingerprint density at radius 3 is 2.57 bits per heavy atom. The minimum absolute atomic E-state index is 0.0464. The lowest BCUT2D eigenvalue weighted by molar-refractivity contribution is 0.589. The van der Waals surface area contributed by atoms with E-state index in [4.69, 9.17) is 11.6 Å². The van der Waals surface area contributed by atoms with Crippen molar-refractivity contribution in [1.29, 1.82) is 0 Å². The lowest BCUT2D eigenvalue weighted by atomic mass is 9.98. The van der Waals surface area contributed by atoms with E-state index in [0.717, 1.165) is 28.6 Å². The summed E-state index contributed by atoms with van der Waals surface area (Å²) in [7, 11) is 0. The van der Waals surface area contributed by atoms with E-state index in [0.29, 0.717) is 9.50 Å². The lowest BCUT2D eigenvalue weighted by Crippen LogP contribution is -2.23. The highest BCUT2D eigenvalue weighted by molar-refractivity contribution is 9.10. The zero-order valence-electron chi connectivity index (χ0n) is 11.5. The first-order chi connectivity index (χ1) is 10.0. The van der Waals surface area contributed by atoms with Crippen molar-refractivity contribution < 1.29 is 4.39 Å². The van der Waals surface area contributed by atoms with Crippen LogP contribution in [0.15, 0.2) is 45.3 Å². The topological polar surface area (TPSA) is 12.0 Å². The van der Waals surface area contributed by atoms with Gasteiger partial charge in [-0.2, -0.15) is 0 Å². The van der Waals surface area contributed by atoms with Crippen molar-refractivity contribution in [2.45, 2.75) is 19.4 Å². The van der Waals surface area contributed by atoms with Crippen LogP contribution in [0.4, 0.5) is 4.39 Å². The molecule has 0 saturated heterocycles. The van der Waals surface area contributed by atoms with E-state index in [1.807, 2.05) is 18.2 Å². The largest absolute Gasteiger partial charge is 0.306 e. The number of nitrogens with one attached hydrogen (secondary N) is 1. The Morgan fingerprint density at radius 1 is 1.14 bits per heavy atom. The zero-order valence-corrected chi connectivity index (χ0v) is 15.4. The summed E-state index contributed by atoms with van der Waals surface area (Å²) in [5, 5.41) is 4.16. The average Bonchev–Trinajstić information content (AvgIpc) is 2.46. The highest BCUT2D eigenvalue weighted by Gasteiger charge is 2.17. The second-order valence-electron chi connectivity index (χ2n) is 4.73. The second kappa shape index (κ2) is 7.73. The van der Waals surface area contributed by atoms with Crippen molar-refractivity contribution in [2.75, 3.05) is 6.54 Å². The molecule has 1 nitrogen and oxygen atoms in total. The van der Waals surface area contributed by atoms with E-state index in [-0.39, 0.29) is 11.9 Å². The Hall–Kier alpha value is -0.420. The third kappa shape index (κ3) is 4.28. The molecule has 21 heavy (non-hydrogen) atoms. The standard InChI is InChI=1S/C16H15Br2ClFN/c1-2-7-21-16(10-3-6-15(20)14(18)8-10)12-9-11(19)4-5-13(12)17/h3-6,8-9,16,21H,2,7H2,1H3. The van der Waals surface area contributed by atoms with Crippen molar-refractivity contribution in [3.63, 3.8) is 0 Å². The van der Waals surface area contributed by atoms with E-state index in [1.54, 1.807) is 12.1 Å². The molecule has 0 amide bonds. The monoisotopic (exact) mass is 433 g/mol. The molecule has 0 bridgehead atoms. The summed E-state index contributed by atoms with van der Waals surface area (Å²) in [4.78, 5) is 0. The number of hydrogen-bond donors (Lipinski definition) is 1. The first kappa shape index (κ1) is 16.9. The first-order valence-electron chi connectivity index (χ1n) is 6.66. The minimum Gasteiger partial charge on any atom is -0.306 e. The quantitative estimate of drug-likeness (QED) is 0.599. The molecule has 2 rings (SSSR count). The van der Waals surface area contributed by atoms with Gasteiger partial charge in [-0.3, -0.25) is 0 Å². The molecule has 5 heteroatoms. The molecule has 2 aromatic rings. The molecule has 0 heterocycles. The van der Waals surface area contributed by atoms with Gasteiger partial charge < -0.3 is 5.32 Å². The molecule has 112 valence electrons. The highest BCUT2D eigenvalue weighted by Crippen LogP contribution is 2.32. The van der Waals surface area contributed by atoms with E-state index in [1.165, 1.54) is 6.07 Å². The van der Waals surface area contributed by atoms with Crippen molar-refractivity contribution in [1.82, 2.24) is 5.32 Å². The van der Waals surface area contributed by atoms with Gasteiger partial charge in [-0.25, -0.2) is 4.39 Å². The second-order valence-corrected chi connectivity index (χ2v) is 6.87. The molecule has 0 aromatic heterocycles. The average molecular weight is 436 g/mol. The Kier molecular flexibility index (Phi) is 6.23. The van der Waals surface area contributed by atoms with Crippen molar-refractivity contribution >= 4 is 43.5 Å². The van der Waals surface area contributed by atoms with Crippen LogP contribution in [0.25, 0.3) is 0 Å². The van der Waals surface area contributed by atoms with Gasteiger partial charge in [0, 0.05) is 9.50 Å². The normalized spacial score (nSPS) is 12.4. The SMILES string of the molecule is CCCNC(c1ccc(F)c(Br)c1)c1cc(Cl)ccc1Br. The maximum Gasteiger partial charge on any atom is 0.137 e. The fourth-order valence-electron chi connectivity index (χ4n) is 2.12. The highest BCUT2D eigenvalue weighted by atomic mass is 79.9. The van der Waals surface area contributed by atoms with Gasteiger partial charge in [0.05, 0.1) is 10.5 Å². The van der Waals surface area contributed by atoms with Gasteiger partial charge in [-0.05, 0) is 70.4 Å². The summed E-state index contributed by atoms with van der Waals surface area (Å²) < 4.78 is 14.9. The lowest BCUT2D eigenvalue weighted by Gasteiger charge is -2.21. The molecule has 0 saturated carbocycles. The van der Waals surface area contributed by atoms with Crippen molar-refractivity contribution in [2.24, 2.45) is 0 Å². The predicted molar refractivity (Wildman–Crippen MR) is 93.4 cm³/mol. The van der Waals surface area contributed by atoms with Crippen LogP contribution in [0.3, 0.4) is 0 Å². The summed E-state index contributed by atoms with van der Waals surface area (Å²) in [6, 6.07) is 10.7. The van der Waals surface area contributed by atoms with Crippen molar-refractivity contribution in [3.8, 4) is 0 Å². The molecule has 0 aliphatic rings. The Morgan fingerprint density at radius 2 is 1.90 bits per heavy atom. The van der Waals surface area contributed by atoms with Gasteiger partial charge in [0.2, 0.25) is 0 Å². The molecule has 0 aliphatic heterocycles. The summed E-state index contributed by atoms with van der Waals surface area (Å²) in [5.74, 6) is -0.266. The predicted octanol–water partition coefficient (Wildman–Crippen LogP) is 6.09. The summed E-state index contributed by atoms with van der Waals surface area (Å²) in [6.07, 6.45) is 1.01. The molecule has 1 N–H and O–H groups in total. The molecular weight excluding hydrogens is 420 g/mol. The molecule has 0 fully saturated rings. The fraction of sp³-hybridized carbons (Fsp3) is 0.250. The van der Waals surface area contributed by atoms with Crippen LogP contribution >= 0.6 is 43.5 Å². The van der Waals surface area contributed by atoms with Crippen LogP contribution in [-0.2, 0) is 0 Å². The Bertz CT molecular complexity index is 634. The van der Waals surface area contributed by atoms with Gasteiger partial charge in [0.1, 0.15) is 5.82 Å². The van der Waals surface area contributed by atoms with Crippen LogP contribution in [0.1, 0.15) is 30.5 Å². The molecule has 1 atom stereocenters. The van der Waals surface area contributed by atoms with Gasteiger partial charge >= 0.3 is 0 Å². The molecule has 0 radical (unpaired) electrons. The van der Waals surface area contributed by atoms with Crippen LogP contribution < -0.4 is 5.32 Å². The van der Waals surface area contributed by atoms with E-state index in [2.05, 4.69) is 44.1 Å². The molecule has 2 aromatic carbocycles. The number of hydrogen-bond acceptors (Lipinski definition) is 1. The zero-order chi connectivity index (χ0) is 15.4. The maximum atomic E-state index is 13.5. The van der Waals surface area contributed by atoms with Gasteiger partial charge in [-0.15, -0.1) is 0 Å². The van der Waals surface area contributed by atoms with Crippen molar-refractivity contribution in [3.05, 3.63) is 67.3 Å². The first-order valence-corrected chi connectivity index (χ1v) is 8.62.